The Morgan fingerprint density at radius 3 is 2.73 bits per heavy atom. The van der Waals surface area contributed by atoms with Crippen LogP contribution in [0.3, 0.4) is 0 Å². The fraction of sp³-hybridized carbons (Fsp3) is 0.158. The molecule has 0 saturated heterocycles. The molecule has 0 bridgehead atoms. The average molecular weight is 365 g/mol. The molecular weight excluding hydrogens is 346 g/mol. The van der Waals surface area contributed by atoms with Crippen molar-refractivity contribution in [2.24, 2.45) is 0 Å². The number of pyridine rings is 1. The maximum atomic E-state index is 11.9. The Labute approximate surface area is 156 Å². The van der Waals surface area contributed by atoms with E-state index >= 15 is 0 Å². The number of benzene rings is 1. The van der Waals surface area contributed by atoms with Gasteiger partial charge in [-0.2, -0.15) is 0 Å². The number of hydrogen-bond acceptors (Lipinski definition) is 5. The number of thioether (sulfide) groups is 1. The Morgan fingerprint density at radius 1 is 1.23 bits per heavy atom. The molecule has 2 heterocycles. The molecule has 2 aromatic heterocycles. The van der Waals surface area contributed by atoms with Crippen LogP contribution in [0.2, 0.25) is 0 Å². The summed E-state index contributed by atoms with van der Waals surface area (Å²) in [7, 11) is 0. The van der Waals surface area contributed by atoms with Gasteiger partial charge in [-0.3, -0.25) is 14.3 Å². The summed E-state index contributed by atoms with van der Waals surface area (Å²) < 4.78 is 1.98. The summed E-state index contributed by atoms with van der Waals surface area (Å²) in [6.07, 6.45) is 5.10. The van der Waals surface area contributed by atoms with Gasteiger partial charge in [0, 0.05) is 24.5 Å². The lowest BCUT2D eigenvalue weighted by atomic mass is 10.2. The predicted octanol–water partition coefficient (Wildman–Crippen LogP) is 3.03. The van der Waals surface area contributed by atoms with Gasteiger partial charge < -0.3 is 5.32 Å². The monoisotopic (exact) mass is 365 g/mol. The quantitative estimate of drug-likeness (QED) is 0.515. The van der Waals surface area contributed by atoms with Crippen molar-refractivity contribution < 1.29 is 4.79 Å². The van der Waals surface area contributed by atoms with Crippen molar-refractivity contribution in [1.29, 1.82) is 0 Å². The van der Waals surface area contributed by atoms with E-state index in [0.717, 1.165) is 22.6 Å². The molecule has 1 amide bonds. The summed E-state index contributed by atoms with van der Waals surface area (Å²) in [5.74, 6) is 0.907. The molecule has 6 nitrogen and oxygen atoms in total. The summed E-state index contributed by atoms with van der Waals surface area (Å²) >= 11 is 1.35. The van der Waals surface area contributed by atoms with Crippen LogP contribution >= 0.6 is 11.8 Å². The number of aromatic nitrogens is 4. The van der Waals surface area contributed by atoms with E-state index in [4.69, 9.17) is 0 Å². The maximum Gasteiger partial charge on any atom is 0.230 e. The first kappa shape index (κ1) is 17.9. The van der Waals surface area contributed by atoms with Gasteiger partial charge in [-0.25, -0.2) is 0 Å². The highest BCUT2D eigenvalue weighted by molar-refractivity contribution is 7.99. The summed E-state index contributed by atoms with van der Waals surface area (Å²) in [5.41, 5.74) is 3.00. The highest BCUT2D eigenvalue weighted by Gasteiger charge is 2.18. The van der Waals surface area contributed by atoms with Gasteiger partial charge in [0.15, 0.2) is 11.0 Å². The van der Waals surface area contributed by atoms with E-state index in [1.165, 1.54) is 11.8 Å². The van der Waals surface area contributed by atoms with Crippen LogP contribution < -0.4 is 5.32 Å². The van der Waals surface area contributed by atoms with Crippen molar-refractivity contribution in [3.63, 3.8) is 0 Å². The van der Waals surface area contributed by atoms with Gasteiger partial charge in [-0.1, -0.05) is 36.0 Å². The number of amides is 1. The molecule has 7 heteroatoms. The third kappa shape index (κ3) is 4.00. The topological polar surface area (TPSA) is 72.7 Å². The lowest BCUT2D eigenvalue weighted by molar-refractivity contribution is -0.118. The molecule has 0 unspecified atom stereocenters. The van der Waals surface area contributed by atoms with Gasteiger partial charge in [0.25, 0.3) is 0 Å². The van der Waals surface area contributed by atoms with Crippen LogP contribution in [0, 0.1) is 6.92 Å². The van der Waals surface area contributed by atoms with Crippen molar-refractivity contribution in [2.75, 3.05) is 12.3 Å². The van der Waals surface area contributed by atoms with Gasteiger partial charge in [-0.15, -0.1) is 16.8 Å². The second-order valence-corrected chi connectivity index (χ2v) is 6.49. The first-order valence-corrected chi connectivity index (χ1v) is 9.11. The zero-order valence-electron chi connectivity index (χ0n) is 14.4. The summed E-state index contributed by atoms with van der Waals surface area (Å²) in [5, 5.41) is 12.1. The fourth-order valence-corrected chi connectivity index (χ4v) is 3.22. The van der Waals surface area contributed by atoms with E-state index in [0.29, 0.717) is 11.7 Å². The van der Waals surface area contributed by atoms with E-state index in [9.17, 15) is 4.79 Å². The molecule has 0 radical (unpaired) electrons. The molecule has 132 valence electrons. The second-order valence-electron chi connectivity index (χ2n) is 5.55. The Kier molecular flexibility index (Phi) is 5.80. The van der Waals surface area contributed by atoms with Gasteiger partial charge >= 0.3 is 0 Å². The van der Waals surface area contributed by atoms with E-state index in [1.807, 2.05) is 47.9 Å². The number of hydrogen-bond donors (Lipinski definition) is 1. The number of nitrogens with zero attached hydrogens (tertiary/aromatic N) is 4. The van der Waals surface area contributed by atoms with Gasteiger partial charge in [0.1, 0.15) is 0 Å². The summed E-state index contributed by atoms with van der Waals surface area (Å²) in [4.78, 5) is 16.0. The zero-order chi connectivity index (χ0) is 18.4. The highest BCUT2D eigenvalue weighted by atomic mass is 32.2. The van der Waals surface area contributed by atoms with Crippen LogP contribution in [0.4, 0.5) is 0 Å². The second kappa shape index (κ2) is 8.44. The van der Waals surface area contributed by atoms with E-state index in [1.54, 1.807) is 18.5 Å². The van der Waals surface area contributed by atoms with Crippen LogP contribution in [0.5, 0.6) is 0 Å². The molecular formula is C19H19N5OS. The highest BCUT2D eigenvalue weighted by Crippen LogP contribution is 2.29. The molecule has 0 saturated carbocycles. The number of aryl methyl sites for hydroxylation is 1. The lowest BCUT2D eigenvalue weighted by Crippen LogP contribution is -2.25. The molecule has 3 aromatic rings. The van der Waals surface area contributed by atoms with Crippen molar-refractivity contribution >= 4 is 17.7 Å². The van der Waals surface area contributed by atoms with Gasteiger partial charge in [0.05, 0.1) is 11.4 Å². The fourth-order valence-electron chi connectivity index (χ4n) is 2.45. The first-order valence-electron chi connectivity index (χ1n) is 8.13. The third-order valence-corrected chi connectivity index (χ3v) is 4.63. The maximum absolute atomic E-state index is 11.9. The Morgan fingerprint density at radius 2 is 2.00 bits per heavy atom. The molecule has 1 N–H and O–H groups in total. The SMILES string of the molecule is C=CCNC(=O)CSc1nnc(-c2ccncc2)n1-c1ccccc1C. The van der Waals surface area contributed by atoms with Crippen LogP contribution in [0.25, 0.3) is 17.1 Å². The molecule has 0 atom stereocenters. The van der Waals surface area contributed by atoms with Crippen LogP contribution in [0.15, 0.2) is 66.6 Å². The Bertz CT molecular complexity index is 907. The molecule has 1 aromatic carbocycles. The first-order chi connectivity index (χ1) is 12.7. The molecule has 0 spiro atoms. The number of carbonyl (C=O) groups excluding carboxylic acids is 1. The van der Waals surface area contributed by atoms with Crippen molar-refractivity contribution in [2.45, 2.75) is 12.1 Å². The summed E-state index contributed by atoms with van der Waals surface area (Å²) in [6.45, 7) is 6.09. The standard InChI is InChI=1S/C19H19N5OS/c1-3-10-21-17(25)13-26-19-23-22-18(15-8-11-20-12-9-15)24(19)16-7-5-4-6-14(16)2/h3-9,11-12H,1,10,13H2,2H3,(H,21,25). The third-order valence-electron chi connectivity index (χ3n) is 3.70. The molecule has 3 rings (SSSR count). The Hall–Kier alpha value is -2.93. The zero-order valence-corrected chi connectivity index (χ0v) is 15.2. The van der Waals surface area contributed by atoms with E-state index in [-0.39, 0.29) is 11.7 Å². The van der Waals surface area contributed by atoms with Crippen LogP contribution in [-0.2, 0) is 4.79 Å². The molecule has 0 aliphatic rings. The van der Waals surface area contributed by atoms with E-state index in [2.05, 4.69) is 27.1 Å². The molecule has 0 aliphatic carbocycles. The normalized spacial score (nSPS) is 10.5. The lowest BCUT2D eigenvalue weighted by Gasteiger charge is -2.12. The number of rotatable bonds is 7. The van der Waals surface area contributed by atoms with Crippen molar-refractivity contribution in [3.05, 3.63) is 67.0 Å². The van der Waals surface area contributed by atoms with Gasteiger partial charge in [0.2, 0.25) is 5.91 Å². The minimum atomic E-state index is -0.0697. The molecule has 0 aliphatic heterocycles. The van der Waals surface area contributed by atoms with Crippen LogP contribution in [0.1, 0.15) is 5.56 Å². The van der Waals surface area contributed by atoms with E-state index < -0.39 is 0 Å². The largest absolute Gasteiger partial charge is 0.352 e. The van der Waals surface area contributed by atoms with Crippen molar-refractivity contribution in [1.82, 2.24) is 25.1 Å². The van der Waals surface area contributed by atoms with Crippen LogP contribution in [-0.4, -0.2) is 38.0 Å². The minimum Gasteiger partial charge on any atom is -0.352 e. The molecule has 26 heavy (non-hydrogen) atoms. The predicted molar refractivity (Wildman–Crippen MR) is 103 cm³/mol. The molecule has 0 fully saturated rings. The smallest absolute Gasteiger partial charge is 0.230 e. The number of carbonyl (C=O) groups is 1. The summed E-state index contributed by atoms with van der Waals surface area (Å²) in [6, 6.07) is 11.8. The van der Waals surface area contributed by atoms with Gasteiger partial charge in [-0.05, 0) is 30.7 Å². The number of para-hydroxylation sites is 1. The Balaban J connectivity index is 1.97. The number of nitrogens with one attached hydrogen (secondary N) is 1. The average Bonchev–Trinajstić information content (AvgIpc) is 3.09. The minimum absolute atomic E-state index is 0.0697. The van der Waals surface area contributed by atoms with Crippen molar-refractivity contribution in [3.8, 4) is 17.1 Å².